The van der Waals surface area contributed by atoms with E-state index in [4.69, 9.17) is 5.73 Å². The Morgan fingerprint density at radius 3 is 2.93 bits per heavy atom. The highest BCUT2D eigenvalue weighted by atomic mass is 79.9. The van der Waals surface area contributed by atoms with Gasteiger partial charge < -0.3 is 5.73 Å². The molecule has 8 heteroatoms. The van der Waals surface area contributed by atoms with E-state index >= 15 is 0 Å². The van der Waals surface area contributed by atoms with Crippen molar-refractivity contribution in [2.75, 3.05) is 5.73 Å². The third-order valence-electron chi connectivity index (χ3n) is 1.99. The van der Waals surface area contributed by atoms with Crippen LogP contribution in [0.2, 0.25) is 0 Å². The zero-order valence-corrected chi connectivity index (χ0v) is 9.22. The van der Waals surface area contributed by atoms with Gasteiger partial charge in [-0.2, -0.15) is 4.98 Å². The van der Waals surface area contributed by atoms with E-state index < -0.39 is 4.92 Å². The van der Waals surface area contributed by atoms with Gasteiger partial charge in [0.2, 0.25) is 11.6 Å². The third kappa shape index (κ3) is 1.42. The number of rotatable bonds is 1. The average molecular weight is 272 g/mol. The van der Waals surface area contributed by atoms with Gasteiger partial charge in [-0.15, -0.1) is 5.10 Å². The number of halogens is 1. The van der Waals surface area contributed by atoms with Gasteiger partial charge in [-0.25, -0.2) is 4.52 Å². The number of nitrogen functional groups attached to an aromatic ring is 1. The van der Waals surface area contributed by atoms with E-state index in [0.717, 1.165) is 0 Å². The van der Waals surface area contributed by atoms with Crippen molar-refractivity contribution in [3.05, 3.63) is 26.3 Å². The molecule has 15 heavy (non-hydrogen) atoms. The van der Waals surface area contributed by atoms with Crippen LogP contribution in [0.15, 0.2) is 10.7 Å². The van der Waals surface area contributed by atoms with Crippen LogP contribution in [0.25, 0.3) is 5.65 Å². The minimum Gasteiger partial charge on any atom is -0.366 e. The molecule has 2 aromatic rings. The summed E-state index contributed by atoms with van der Waals surface area (Å²) in [5.74, 6) is 0.00981. The Hall–Kier alpha value is -1.70. The Balaban J connectivity index is 2.94. The fourth-order valence-corrected chi connectivity index (χ4v) is 1.68. The summed E-state index contributed by atoms with van der Waals surface area (Å²) >= 11 is 3.21. The number of nitrogens with zero attached hydrogens (tertiary/aromatic N) is 4. The second-order valence-corrected chi connectivity index (χ2v) is 3.80. The van der Waals surface area contributed by atoms with Gasteiger partial charge in [-0.1, -0.05) is 0 Å². The highest BCUT2D eigenvalue weighted by Crippen LogP contribution is 2.29. The van der Waals surface area contributed by atoms with Crippen LogP contribution in [-0.4, -0.2) is 19.5 Å². The first-order valence-corrected chi connectivity index (χ1v) is 4.75. The molecular weight excluding hydrogens is 266 g/mol. The molecule has 2 aromatic heterocycles. The molecule has 2 N–H and O–H groups in total. The maximum Gasteiger partial charge on any atom is 0.317 e. The maximum atomic E-state index is 10.9. The maximum absolute atomic E-state index is 10.9. The van der Waals surface area contributed by atoms with Gasteiger partial charge in [0.25, 0.3) is 0 Å². The van der Waals surface area contributed by atoms with Gasteiger partial charge in [0.05, 0.1) is 4.92 Å². The van der Waals surface area contributed by atoms with E-state index in [9.17, 15) is 10.1 Å². The molecule has 0 spiro atoms. The molecule has 0 saturated carbocycles. The summed E-state index contributed by atoms with van der Waals surface area (Å²) in [6, 6.07) is 0. The number of hydrogen-bond donors (Lipinski definition) is 1. The predicted molar refractivity (Wildman–Crippen MR) is 56.5 cm³/mol. The standard InChI is InChI=1S/C7H6BrN5O2/c1-3-4(8)2-12-6(5(3)13(14)15)10-7(9)11-12/h2H,1H3,(H2,9,11). The van der Waals surface area contributed by atoms with E-state index in [1.54, 1.807) is 13.1 Å². The predicted octanol–water partition coefficient (Wildman–Crippen LogP) is 1.29. The summed E-state index contributed by atoms with van der Waals surface area (Å²) in [6.07, 6.45) is 1.58. The molecule has 0 radical (unpaired) electrons. The molecule has 0 aliphatic rings. The average Bonchev–Trinajstić information content (AvgIpc) is 2.46. The summed E-state index contributed by atoms with van der Waals surface area (Å²) in [5, 5.41) is 14.7. The van der Waals surface area contributed by atoms with Gasteiger partial charge >= 0.3 is 5.69 Å². The van der Waals surface area contributed by atoms with Gasteiger partial charge in [0.1, 0.15) is 0 Å². The fraction of sp³-hybridized carbons (Fsp3) is 0.143. The SMILES string of the molecule is Cc1c(Br)cn2nc(N)nc2c1[N+](=O)[O-]. The molecule has 0 fully saturated rings. The second kappa shape index (κ2) is 3.16. The smallest absolute Gasteiger partial charge is 0.317 e. The van der Waals surface area contributed by atoms with Gasteiger partial charge in [0.15, 0.2) is 0 Å². The van der Waals surface area contributed by atoms with Crippen molar-refractivity contribution < 1.29 is 4.92 Å². The number of fused-ring (bicyclic) bond motifs is 1. The van der Waals surface area contributed by atoms with Crippen molar-refractivity contribution in [1.29, 1.82) is 0 Å². The molecule has 2 rings (SSSR count). The van der Waals surface area contributed by atoms with Crippen LogP contribution in [0.3, 0.4) is 0 Å². The number of nitrogens with two attached hydrogens (primary N) is 1. The lowest BCUT2D eigenvalue weighted by Gasteiger charge is -2.00. The highest BCUT2D eigenvalue weighted by Gasteiger charge is 2.21. The van der Waals surface area contributed by atoms with Crippen LogP contribution >= 0.6 is 15.9 Å². The Bertz CT molecular complexity index is 564. The van der Waals surface area contributed by atoms with Crippen molar-refractivity contribution in [2.24, 2.45) is 0 Å². The summed E-state index contributed by atoms with van der Waals surface area (Å²) < 4.78 is 1.87. The van der Waals surface area contributed by atoms with E-state index in [1.807, 2.05) is 0 Å². The summed E-state index contributed by atoms with van der Waals surface area (Å²) in [7, 11) is 0. The number of pyridine rings is 1. The zero-order valence-electron chi connectivity index (χ0n) is 7.64. The number of aromatic nitrogens is 3. The van der Waals surface area contributed by atoms with Gasteiger partial charge in [0, 0.05) is 16.2 Å². The fourth-order valence-electron chi connectivity index (χ4n) is 1.29. The van der Waals surface area contributed by atoms with Crippen LogP contribution in [0.4, 0.5) is 11.6 Å². The van der Waals surface area contributed by atoms with Crippen LogP contribution in [-0.2, 0) is 0 Å². The molecule has 0 atom stereocenters. The minimum absolute atomic E-state index is 0.00981. The second-order valence-electron chi connectivity index (χ2n) is 2.95. The quantitative estimate of drug-likeness (QED) is 0.622. The van der Waals surface area contributed by atoms with Gasteiger partial charge in [-0.3, -0.25) is 10.1 Å². The van der Waals surface area contributed by atoms with Crippen LogP contribution in [0, 0.1) is 17.0 Å². The lowest BCUT2D eigenvalue weighted by Crippen LogP contribution is -1.99. The van der Waals surface area contributed by atoms with Crippen LogP contribution in [0.5, 0.6) is 0 Å². The molecule has 0 bridgehead atoms. The Morgan fingerprint density at radius 2 is 2.33 bits per heavy atom. The number of anilines is 1. The molecule has 0 aliphatic carbocycles. The molecule has 0 unspecified atom stereocenters. The van der Waals surface area contributed by atoms with E-state index in [2.05, 4.69) is 26.0 Å². The molecule has 0 aromatic carbocycles. The first-order chi connectivity index (χ1) is 7.00. The molecule has 7 nitrogen and oxygen atoms in total. The molecular formula is C7H6BrN5O2. The van der Waals surface area contributed by atoms with Crippen molar-refractivity contribution in [2.45, 2.75) is 6.92 Å². The lowest BCUT2D eigenvalue weighted by molar-refractivity contribution is -0.384. The number of hydrogen-bond acceptors (Lipinski definition) is 5. The van der Waals surface area contributed by atoms with Crippen molar-refractivity contribution in [1.82, 2.24) is 14.6 Å². The van der Waals surface area contributed by atoms with Crippen LogP contribution < -0.4 is 5.73 Å². The Morgan fingerprint density at radius 1 is 1.67 bits per heavy atom. The number of nitro groups is 1. The van der Waals surface area contributed by atoms with Crippen LogP contribution in [0.1, 0.15) is 5.56 Å². The highest BCUT2D eigenvalue weighted by molar-refractivity contribution is 9.10. The van der Waals surface area contributed by atoms with E-state index in [0.29, 0.717) is 10.0 Å². The van der Waals surface area contributed by atoms with Crippen molar-refractivity contribution >= 4 is 33.2 Å². The van der Waals surface area contributed by atoms with Crippen molar-refractivity contribution in [3.8, 4) is 0 Å². The summed E-state index contributed by atoms with van der Waals surface area (Å²) in [6.45, 7) is 1.63. The Kier molecular flexibility index (Phi) is 2.07. The topological polar surface area (TPSA) is 99.3 Å². The molecule has 78 valence electrons. The molecule has 2 heterocycles. The monoisotopic (exact) mass is 271 g/mol. The molecule has 0 saturated heterocycles. The molecule has 0 amide bonds. The lowest BCUT2D eigenvalue weighted by atomic mass is 10.2. The zero-order chi connectivity index (χ0) is 11.2. The third-order valence-corrected chi connectivity index (χ3v) is 2.79. The first kappa shape index (κ1) is 9.84. The summed E-state index contributed by atoms with van der Waals surface area (Å²) in [4.78, 5) is 14.2. The molecule has 0 aliphatic heterocycles. The van der Waals surface area contributed by atoms with E-state index in [-0.39, 0.29) is 17.3 Å². The summed E-state index contributed by atoms with van der Waals surface area (Å²) in [5.41, 5.74) is 5.94. The van der Waals surface area contributed by atoms with E-state index in [1.165, 1.54) is 4.52 Å². The normalized spacial score (nSPS) is 10.8. The Labute approximate surface area is 92.2 Å². The van der Waals surface area contributed by atoms with Crippen molar-refractivity contribution in [3.63, 3.8) is 0 Å². The first-order valence-electron chi connectivity index (χ1n) is 3.96. The van der Waals surface area contributed by atoms with Gasteiger partial charge in [-0.05, 0) is 22.9 Å². The largest absolute Gasteiger partial charge is 0.366 e. The minimum atomic E-state index is -0.496.